The third kappa shape index (κ3) is 5.04. The van der Waals surface area contributed by atoms with Gasteiger partial charge in [-0.15, -0.1) is 12.6 Å². The lowest BCUT2D eigenvalue weighted by molar-refractivity contribution is -0.125. The summed E-state index contributed by atoms with van der Waals surface area (Å²) in [4.78, 5) is 26.6. The van der Waals surface area contributed by atoms with Crippen LogP contribution in [0.4, 0.5) is 11.4 Å². The summed E-state index contributed by atoms with van der Waals surface area (Å²) in [7, 11) is 0. The average molecular weight is 482 g/mol. The van der Waals surface area contributed by atoms with Crippen LogP contribution in [0.25, 0.3) is 0 Å². The molecule has 2 aromatic carbocycles. The standard InChI is InChI=1S/C20H20ClN3O5S2/c21-13-1-6-18(30)17(9-13)20(26)22-10-16-11-24(31(27)29-16)15-4-2-14(3-5-15)23-7-8-28-12-19(23)25/h1-6,9,16,30H,7-8,10-12H2,(H,22,26)/t16-,31?/m0/s1. The van der Waals surface area contributed by atoms with E-state index in [4.69, 9.17) is 20.5 Å². The van der Waals surface area contributed by atoms with Gasteiger partial charge in [0.1, 0.15) is 12.7 Å². The number of carbonyl (C=O) groups is 2. The van der Waals surface area contributed by atoms with E-state index in [9.17, 15) is 13.8 Å². The third-order valence-electron chi connectivity index (χ3n) is 4.90. The Morgan fingerprint density at radius 2 is 1.97 bits per heavy atom. The number of hydrogen-bond donors (Lipinski definition) is 2. The summed E-state index contributed by atoms with van der Waals surface area (Å²) in [5.41, 5.74) is 1.82. The highest BCUT2D eigenvalue weighted by Crippen LogP contribution is 2.27. The van der Waals surface area contributed by atoms with Crippen LogP contribution in [0.5, 0.6) is 0 Å². The summed E-state index contributed by atoms with van der Waals surface area (Å²) >= 11 is 8.54. The van der Waals surface area contributed by atoms with Gasteiger partial charge in [-0.1, -0.05) is 11.6 Å². The lowest BCUT2D eigenvalue weighted by atomic mass is 10.2. The number of morpholine rings is 1. The van der Waals surface area contributed by atoms with Crippen molar-refractivity contribution in [3.8, 4) is 0 Å². The zero-order valence-corrected chi connectivity index (χ0v) is 18.8. The molecular weight excluding hydrogens is 462 g/mol. The molecule has 1 unspecified atom stereocenters. The van der Waals surface area contributed by atoms with Crippen LogP contribution in [-0.4, -0.2) is 55.0 Å². The van der Waals surface area contributed by atoms with E-state index in [1.54, 1.807) is 51.7 Å². The van der Waals surface area contributed by atoms with Crippen molar-refractivity contribution < 1.29 is 22.7 Å². The van der Waals surface area contributed by atoms with Crippen LogP contribution in [-0.2, 0) is 25.0 Å². The Balaban J connectivity index is 1.36. The fraction of sp³-hybridized carbons (Fsp3) is 0.300. The second kappa shape index (κ2) is 9.58. The van der Waals surface area contributed by atoms with Crippen LogP contribution < -0.4 is 14.5 Å². The minimum atomic E-state index is -1.68. The predicted molar refractivity (Wildman–Crippen MR) is 121 cm³/mol. The SMILES string of the molecule is O=C(NC[C@H]1CN(c2ccc(N3CCOCC3=O)cc2)S(=O)O1)c1cc(Cl)ccc1S. The molecule has 164 valence electrons. The summed E-state index contributed by atoms with van der Waals surface area (Å²) < 4.78 is 24.7. The van der Waals surface area contributed by atoms with Gasteiger partial charge in [0.25, 0.3) is 23.1 Å². The van der Waals surface area contributed by atoms with Gasteiger partial charge in [0.2, 0.25) is 0 Å². The number of thiol groups is 1. The maximum Gasteiger partial charge on any atom is 0.265 e. The zero-order valence-electron chi connectivity index (χ0n) is 16.3. The predicted octanol–water partition coefficient (Wildman–Crippen LogP) is 2.21. The summed E-state index contributed by atoms with van der Waals surface area (Å²) in [5.74, 6) is -0.424. The Kier molecular flexibility index (Phi) is 6.83. The molecule has 0 bridgehead atoms. The number of anilines is 2. The van der Waals surface area contributed by atoms with E-state index in [0.29, 0.717) is 40.9 Å². The Bertz CT molecular complexity index is 1020. The highest BCUT2D eigenvalue weighted by molar-refractivity contribution is 7.82. The molecule has 1 N–H and O–H groups in total. The van der Waals surface area contributed by atoms with E-state index < -0.39 is 17.4 Å². The highest BCUT2D eigenvalue weighted by atomic mass is 35.5. The lowest BCUT2D eigenvalue weighted by Gasteiger charge is -2.27. The van der Waals surface area contributed by atoms with E-state index in [1.165, 1.54) is 0 Å². The summed E-state index contributed by atoms with van der Waals surface area (Å²) in [6.45, 7) is 1.59. The van der Waals surface area contributed by atoms with Gasteiger partial charge in [0, 0.05) is 28.7 Å². The molecule has 11 heteroatoms. The van der Waals surface area contributed by atoms with Crippen molar-refractivity contribution in [3.05, 3.63) is 53.1 Å². The fourth-order valence-corrected chi connectivity index (χ4v) is 4.78. The molecule has 0 spiro atoms. The van der Waals surface area contributed by atoms with E-state index in [2.05, 4.69) is 17.9 Å². The molecule has 0 radical (unpaired) electrons. The summed E-state index contributed by atoms with van der Waals surface area (Å²) in [6, 6.07) is 12.0. The topological polar surface area (TPSA) is 88.2 Å². The molecule has 2 fully saturated rings. The number of halogens is 1. The minimum absolute atomic E-state index is 0.0725. The van der Waals surface area contributed by atoms with Gasteiger partial charge in [-0.2, -0.15) is 0 Å². The van der Waals surface area contributed by atoms with Crippen molar-refractivity contribution in [1.82, 2.24) is 5.32 Å². The number of nitrogens with zero attached hydrogens (tertiary/aromatic N) is 2. The molecule has 2 saturated heterocycles. The molecular formula is C20H20ClN3O5S2. The minimum Gasteiger partial charge on any atom is -0.370 e. The van der Waals surface area contributed by atoms with Gasteiger partial charge in [-0.3, -0.25) is 18.1 Å². The largest absolute Gasteiger partial charge is 0.370 e. The van der Waals surface area contributed by atoms with Crippen LogP contribution in [0.2, 0.25) is 5.02 Å². The zero-order chi connectivity index (χ0) is 22.0. The summed E-state index contributed by atoms with van der Waals surface area (Å²) in [6.07, 6.45) is -0.451. The normalized spacial score (nSPS) is 21.4. The van der Waals surface area contributed by atoms with Crippen molar-refractivity contribution in [2.24, 2.45) is 0 Å². The van der Waals surface area contributed by atoms with Gasteiger partial charge in [-0.25, -0.2) is 4.21 Å². The molecule has 2 aliphatic rings. The van der Waals surface area contributed by atoms with Gasteiger partial charge < -0.3 is 15.0 Å². The van der Waals surface area contributed by atoms with E-state index in [0.717, 1.165) is 5.69 Å². The number of benzene rings is 2. The maximum atomic E-state index is 12.4. The van der Waals surface area contributed by atoms with E-state index in [-0.39, 0.29) is 25.0 Å². The first-order valence-electron chi connectivity index (χ1n) is 9.54. The number of ether oxygens (including phenoxy) is 1. The summed E-state index contributed by atoms with van der Waals surface area (Å²) in [5, 5.41) is 3.21. The molecule has 2 heterocycles. The number of rotatable bonds is 5. The first-order valence-corrected chi connectivity index (χ1v) is 11.4. The molecule has 2 atom stereocenters. The van der Waals surface area contributed by atoms with Crippen molar-refractivity contribution in [2.75, 3.05) is 42.1 Å². The van der Waals surface area contributed by atoms with Crippen LogP contribution in [0, 0.1) is 0 Å². The number of carbonyl (C=O) groups excluding carboxylic acids is 2. The van der Waals surface area contributed by atoms with Crippen molar-refractivity contribution in [2.45, 2.75) is 11.0 Å². The first kappa shape index (κ1) is 22.1. The second-order valence-electron chi connectivity index (χ2n) is 6.98. The maximum absolute atomic E-state index is 12.4. The molecule has 2 aromatic rings. The Morgan fingerprint density at radius 1 is 1.23 bits per heavy atom. The number of hydrogen-bond acceptors (Lipinski definition) is 6. The van der Waals surface area contributed by atoms with Crippen LogP contribution in [0.1, 0.15) is 10.4 Å². The Morgan fingerprint density at radius 3 is 2.71 bits per heavy atom. The quantitative estimate of drug-likeness (QED) is 0.639. The Hall–Kier alpha value is -2.11. The monoisotopic (exact) mass is 481 g/mol. The van der Waals surface area contributed by atoms with Gasteiger partial charge in [0.05, 0.1) is 24.4 Å². The molecule has 8 nitrogen and oxygen atoms in total. The highest BCUT2D eigenvalue weighted by Gasteiger charge is 2.31. The van der Waals surface area contributed by atoms with Crippen LogP contribution >= 0.6 is 24.2 Å². The average Bonchev–Trinajstić information content (AvgIpc) is 3.15. The lowest BCUT2D eigenvalue weighted by Crippen LogP contribution is -2.41. The van der Waals surface area contributed by atoms with Gasteiger partial charge in [-0.05, 0) is 42.5 Å². The van der Waals surface area contributed by atoms with Crippen LogP contribution in [0.3, 0.4) is 0 Å². The Labute approximate surface area is 192 Å². The van der Waals surface area contributed by atoms with Crippen molar-refractivity contribution in [1.29, 1.82) is 0 Å². The first-order chi connectivity index (χ1) is 14.9. The van der Waals surface area contributed by atoms with Gasteiger partial charge in [0.15, 0.2) is 0 Å². The van der Waals surface area contributed by atoms with E-state index >= 15 is 0 Å². The molecule has 0 saturated carbocycles. The second-order valence-corrected chi connectivity index (χ2v) is 8.97. The molecule has 2 aliphatic heterocycles. The number of nitrogens with one attached hydrogen (secondary N) is 1. The smallest absolute Gasteiger partial charge is 0.265 e. The third-order valence-corrected chi connectivity index (χ3v) is 6.68. The van der Waals surface area contributed by atoms with Crippen LogP contribution in [0.15, 0.2) is 47.4 Å². The van der Waals surface area contributed by atoms with E-state index in [1.807, 2.05) is 0 Å². The molecule has 31 heavy (non-hydrogen) atoms. The molecule has 0 aromatic heterocycles. The van der Waals surface area contributed by atoms with Crippen molar-refractivity contribution >= 4 is 58.7 Å². The molecule has 2 amide bonds. The van der Waals surface area contributed by atoms with Gasteiger partial charge >= 0.3 is 0 Å². The molecule has 4 rings (SSSR count). The van der Waals surface area contributed by atoms with Crippen molar-refractivity contribution in [3.63, 3.8) is 0 Å². The molecule has 0 aliphatic carbocycles. The fourth-order valence-electron chi connectivity index (χ4n) is 3.32. The number of amides is 2.